The Morgan fingerprint density at radius 3 is 2.19 bits per heavy atom. The number of rotatable bonds is 13. The molecule has 9 heteroatoms. The van der Waals surface area contributed by atoms with Crippen molar-refractivity contribution in [1.82, 2.24) is 10.2 Å². The number of unbranched alkanes of at least 4 members (excludes halogenated alkanes) is 2. The Morgan fingerprint density at radius 2 is 1.53 bits per heavy atom. The average molecular weight is 589 g/mol. The number of hydrogen-bond acceptors (Lipinski definition) is 6. The molecule has 3 aromatic rings. The van der Waals surface area contributed by atoms with Gasteiger partial charge in [-0.3, -0.25) is 4.79 Å². The summed E-state index contributed by atoms with van der Waals surface area (Å²) in [6.07, 6.45) is 5.35. The van der Waals surface area contributed by atoms with Crippen LogP contribution < -0.4 is 30.2 Å². The van der Waals surface area contributed by atoms with Crippen molar-refractivity contribution < 1.29 is 23.8 Å². The topological polar surface area (TPSA) is 101 Å². The first-order chi connectivity index (χ1) is 20.8. The highest BCUT2D eigenvalue weighted by Crippen LogP contribution is 2.34. The Bertz CT molecular complexity index is 1320. The van der Waals surface area contributed by atoms with Crippen molar-refractivity contribution in [1.29, 1.82) is 0 Å². The van der Waals surface area contributed by atoms with Crippen molar-refractivity contribution in [3.05, 3.63) is 72.3 Å². The van der Waals surface area contributed by atoms with Crippen LogP contribution in [-0.4, -0.2) is 55.7 Å². The molecule has 3 N–H and O–H groups in total. The van der Waals surface area contributed by atoms with Crippen LogP contribution in [0.1, 0.15) is 63.2 Å². The molecule has 0 aliphatic carbocycles. The lowest BCUT2D eigenvalue weighted by atomic mass is 10.1. The molecule has 43 heavy (non-hydrogen) atoms. The van der Waals surface area contributed by atoms with E-state index in [9.17, 15) is 9.59 Å². The maximum atomic E-state index is 12.8. The summed E-state index contributed by atoms with van der Waals surface area (Å²) in [5.74, 6) is 2.14. The number of carbonyl (C=O) groups is 2. The van der Waals surface area contributed by atoms with Crippen molar-refractivity contribution >= 4 is 23.3 Å². The van der Waals surface area contributed by atoms with Crippen molar-refractivity contribution in [3.8, 4) is 23.0 Å². The molecule has 0 spiro atoms. The predicted octanol–water partition coefficient (Wildman–Crippen LogP) is 7.30. The zero-order valence-corrected chi connectivity index (χ0v) is 25.7. The van der Waals surface area contributed by atoms with E-state index < -0.39 is 0 Å². The van der Waals surface area contributed by atoms with E-state index in [1.54, 1.807) is 61.7 Å². The molecule has 0 atom stereocenters. The molecule has 1 saturated heterocycles. The molecule has 230 valence electrons. The summed E-state index contributed by atoms with van der Waals surface area (Å²) in [6, 6.07) is 19.9. The van der Waals surface area contributed by atoms with Crippen molar-refractivity contribution in [3.63, 3.8) is 0 Å². The van der Waals surface area contributed by atoms with Crippen LogP contribution in [0.4, 0.5) is 16.2 Å². The van der Waals surface area contributed by atoms with Crippen LogP contribution in [0.5, 0.6) is 23.0 Å². The Morgan fingerprint density at radius 1 is 0.860 bits per heavy atom. The lowest BCUT2D eigenvalue weighted by Gasteiger charge is -2.34. The highest BCUT2D eigenvalue weighted by atomic mass is 16.5. The summed E-state index contributed by atoms with van der Waals surface area (Å²) in [5.41, 5.74) is 1.79. The number of carbonyl (C=O) groups excluding carboxylic acids is 2. The van der Waals surface area contributed by atoms with Gasteiger partial charge in [-0.05, 0) is 93.8 Å². The number of anilines is 2. The van der Waals surface area contributed by atoms with E-state index in [0.29, 0.717) is 46.8 Å². The van der Waals surface area contributed by atoms with Gasteiger partial charge in [-0.25, -0.2) is 4.79 Å². The van der Waals surface area contributed by atoms with Gasteiger partial charge in [0.2, 0.25) is 0 Å². The van der Waals surface area contributed by atoms with Gasteiger partial charge in [0.05, 0.1) is 7.11 Å². The Hall–Kier alpha value is -4.24. The number of amides is 3. The van der Waals surface area contributed by atoms with Crippen LogP contribution >= 0.6 is 0 Å². The highest BCUT2D eigenvalue weighted by molar-refractivity contribution is 6.04. The molecule has 0 unspecified atom stereocenters. The van der Waals surface area contributed by atoms with E-state index >= 15 is 0 Å². The smallest absolute Gasteiger partial charge is 0.319 e. The van der Waals surface area contributed by atoms with Gasteiger partial charge in [0.1, 0.15) is 17.6 Å². The van der Waals surface area contributed by atoms with Gasteiger partial charge >= 0.3 is 6.03 Å². The Balaban J connectivity index is 1.26. The van der Waals surface area contributed by atoms with E-state index in [-0.39, 0.29) is 18.0 Å². The molecule has 0 aromatic heterocycles. The average Bonchev–Trinajstić information content (AvgIpc) is 3.01. The molecule has 9 nitrogen and oxygen atoms in total. The quantitative estimate of drug-likeness (QED) is 0.181. The highest BCUT2D eigenvalue weighted by Gasteiger charge is 2.22. The molecule has 1 heterocycles. The molecule has 0 radical (unpaired) electrons. The minimum Gasteiger partial charge on any atom is -0.493 e. The summed E-state index contributed by atoms with van der Waals surface area (Å²) in [5, 5.41) is 8.59. The summed E-state index contributed by atoms with van der Waals surface area (Å²) >= 11 is 0. The summed E-state index contributed by atoms with van der Waals surface area (Å²) in [7, 11) is 1.55. The minimum atomic E-state index is -0.258. The van der Waals surface area contributed by atoms with E-state index in [1.807, 2.05) is 12.1 Å². The van der Waals surface area contributed by atoms with Gasteiger partial charge in [0.25, 0.3) is 5.91 Å². The van der Waals surface area contributed by atoms with Crippen LogP contribution in [0.15, 0.2) is 66.7 Å². The largest absolute Gasteiger partial charge is 0.493 e. The SMILES string of the molecule is CCCCCNC(=O)Nc1ccc(Oc2ccc(NC(=O)c3ccc(OC4CCN(C(C)C)CC4)cc3)cc2)c(OC)c1. The Kier molecular flexibility index (Phi) is 11.7. The third kappa shape index (κ3) is 9.64. The zero-order valence-electron chi connectivity index (χ0n) is 25.7. The second-order valence-corrected chi connectivity index (χ2v) is 11.0. The minimum absolute atomic E-state index is 0.204. The standard InChI is InChI=1S/C34H44N4O5/c1-5-6-7-20-35-34(40)37-27-12-17-31(32(23-27)41-4)43-29-15-10-26(11-16-29)36-33(39)25-8-13-28(14-9-25)42-30-18-21-38(22-19-30)24(2)3/h8-17,23-24,30H,5-7,18-22H2,1-4H3,(H,36,39)(H2,35,37,40). The second kappa shape index (κ2) is 15.8. The molecule has 3 aromatic carbocycles. The number of hydrogen-bond donors (Lipinski definition) is 3. The van der Waals surface area contributed by atoms with Gasteiger partial charge in [-0.15, -0.1) is 0 Å². The Labute approximate surface area is 254 Å². The van der Waals surface area contributed by atoms with Crippen molar-refractivity contribution in [2.24, 2.45) is 0 Å². The second-order valence-electron chi connectivity index (χ2n) is 11.0. The lowest BCUT2D eigenvalue weighted by molar-refractivity contribution is 0.0843. The third-order valence-corrected chi connectivity index (χ3v) is 7.45. The zero-order chi connectivity index (χ0) is 30.6. The number of ether oxygens (including phenoxy) is 3. The van der Waals surface area contributed by atoms with Gasteiger partial charge < -0.3 is 35.1 Å². The third-order valence-electron chi connectivity index (χ3n) is 7.45. The number of likely N-dealkylation sites (tertiary alicyclic amines) is 1. The fourth-order valence-electron chi connectivity index (χ4n) is 4.91. The molecule has 1 aliphatic rings. The summed E-state index contributed by atoms with van der Waals surface area (Å²) in [6.45, 7) is 9.30. The summed E-state index contributed by atoms with van der Waals surface area (Å²) < 4.78 is 17.6. The molecule has 0 saturated carbocycles. The fraction of sp³-hybridized carbons (Fsp3) is 0.412. The van der Waals surface area contributed by atoms with Crippen LogP contribution in [0, 0.1) is 0 Å². The van der Waals surface area contributed by atoms with Gasteiger partial charge in [-0.1, -0.05) is 19.8 Å². The van der Waals surface area contributed by atoms with E-state index in [1.165, 1.54) is 0 Å². The molecule has 0 bridgehead atoms. The number of methoxy groups -OCH3 is 1. The molecule has 1 aliphatic heterocycles. The van der Waals surface area contributed by atoms with Crippen molar-refractivity contribution in [2.45, 2.75) is 65.0 Å². The maximum Gasteiger partial charge on any atom is 0.319 e. The number of benzene rings is 3. The number of nitrogens with one attached hydrogen (secondary N) is 3. The van der Waals surface area contributed by atoms with Crippen LogP contribution in [-0.2, 0) is 0 Å². The monoisotopic (exact) mass is 588 g/mol. The van der Waals surface area contributed by atoms with Crippen molar-refractivity contribution in [2.75, 3.05) is 37.4 Å². The maximum absolute atomic E-state index is 12.8. The number of nitrogens with zero attached hydrogens (tertiary/aromatic N) is 1. The van der Waals surface area contributed by atoms with Crippen LogP contribution in [0.3, 0.4) is 0 Å². The lowest BCUT2D eigenvalue weighted by Crippen LogP contribution is -2.41. The fourth-order valence-corrected chi connectivity index (χ4v) is 4.91. The summed E-state index contributed by atoms with van der Waals surface area (Å²) in [4.78, 5) is 27.4. The van der Waals surface area contributed by atoms with E-state index in [0.717, 1.165) is 50.9 Å². The van der Waals surface area contributed by atoms with Crippen LogP contribution in [0.25, 0.3) is 0 Å². The predicted molar refractivity (Wildman–Crippen MR) is 171 cm³/mol. The first-order valence-corrected chi connectivity index (χ1v) is 15.2. The molecule has 1 fully saturated rings. The van der Waals surface area contributed by atoms with Crippen LogP contribution in [0.2, 0.25) is 0 Å². The number of piperidine rings is 1. The molecule has 4 rings (SSSR count). The van der Waals surface area contributed by atoms with Gasteiger partial charge in [0, 0.05) is 48.7 Å². The van der Waals surface area contributed by atoms with Gasteiger partial charge in [-0.2, -0.15) is 0 Å². The van der Waals surface area contributed by atoms with E-state index in [4.69, 9.17) is 14.2 Å². The molecular weight excluding hydrogens is 544 g/mol. The van der Waals surface area contributed by atoms with E-state index in [2.05, 4.69) is 41.6 Å². The molecular formula is C34H44N4O5. The van der Waals surface area contributed by atoms with Gasteiger partial charge in [0.15, 0.2) is 11.5 Å². The molecule has 3 amide bonds. The first kappa shape index (κ1) is 31.7. The first-order valence-electron chi connectivity index (χ1n) is 15.2. The normalized spacial score (nSPS) is 13.8. The number of urea groups is 1.